The van der Waals surface area contributed by atoms with Gasteiger partial charge in [-0.15, -0.1) is 0 Å². The first-order valence-corrected chi connectivity index (χ1v) is 15.9. The Morgan fingerprint density at radius 2 is 1.62 bits per heavy atom. The minimum atomic E-state index is -3.06. The van der Waals surface area contributed by atoms with Crippen molar-refractivity contribution in [2.45, 2.75) is 43.9 Å². The molecule has 0 saturated carbocycles. The number of aromatic hydroxyl groups is 1. The summed E-state index contributed by atoms with van der Waals surface area (Å²) in [4.78, 5) is 68.0. The molecular weight excluding hydrogens is 648 g/mol. The molecule has 14 nitrogen and oxygen atoms in total. The molecule has 8 N–H and O–H groups in total. The Labute approximate surface area is 285 Å². The van der Waals surface area contributed by atoms with Crippen LogP contribution in [0.25, 0.3) is 10.8 Å². The van der Waals surface area contributed by atoms with Crippen LogP contribution in [0, 0.1) is 11.8 Å². The van der Waals surface area contributed by atoms with Gasteiger partial charge < -0.3 is 41.5 Å². The zero-order valence-electron chi connectivity index (χ0n) is 27.6. The van der Waals surface area contributed by atoms with Crippen molar-refractivity contribution in [3.63, 3.8) is 0 Å². The lowest BCUT2D eigenvalue weighted by Gasteiger charge is -2.54. The molecule has 0 aromatic heterocycles. The average Bonchev–Trinajstić information content (AvgIpc) is 3.06. The maximum Gasteiger partial charge on any atom is 0.323 e. The molecule has 3 aliphatic rings. The van der Waals surface area contributed by atoms with Crippen LogP contribution < -0.4 is 16.4 Å². The summed E-state index contributed by atoms with van der Waals surface area (Å²) < 4.78 is 5.84. The fraction of sp³-hybridized carbons (Fsp3) is 0.306. The van der Waals surface area contributed by atoms with Crippen LogP contribution in [-0.2, 0) is 19.1 Å². The standard InChI is InChI=1S/C36H36N4O10/c1-5-21(41)50-31-22-15(2)17-13-14-20(39-35(48)38-19-12-8-10-16-9-6-7-11-18(16)19)28(42)23(17)29(43)24(22)32(45)36(49)26(31)27(40(3)4)30(44)25(33(36)46)34(37)47/h6-15,22,26-27,31,42,44-45,49H,5H2,1-4H3,(H2,37,47)(H2,38,39,48)/t15-,22-,26-,27+,31-,36-/m1/s1. The number of carbonyl (C=O) groups is 5. The van der Waals surface area contributed by atoms with E-state index in [0.717, 1.165) is 10.8 Å². The van der Waals surface area contributed by atoms with Crippen molar-refractivity contribution in [2.24, 2.45) is 17.6 Å². The predicted octanol–water partition coefficient (Wildman–Crippen LogP) is 3.41. The number of nitrogens with two attached hydrogens (primary N) is 1. The normalized spacial score (nSPS) is 25.9. The SMILES string of the molecule is CCC(=O)O[C@@H]1[C@H]2C(=C(O)[C@@]3(O)C(=O)C(C(N)=O)=C(O)[C@@H](N(C)C)[C@H]13)C(=O)c1c(ccc(NC(=O)Nc3cccc4ccccc34)c1O)[C@H]2C. The number of anilines is 2. The number of urea groups is 1. The number of phenolic OH excluding ortho intramolecular Hbond substituents is 1. The number of Topliss-reactive ketones (excluding diaryl/α,β-unsaturated/α-hetero) is 2. The average molecular weight is 685 g/mol. The van der Waals surface area contributed by atoms with Gasteiger partial charge in [-0.3, -0.25) is 24.1 Å². The van der Waals surface area contributed by atoms with Crippen LogP contribution in [0.2, 0.25) is 0 Å². The Balaban J connectivity index is 1.47. The van der Waals surface area contributed by atoms with Crippen LogP contribution in [-0.4, -0.2) is 86.6 Å². The molecule has 260 valence electrons. The Morgan fingerprint density at radius 1 is 0.960 bits per heavy atom. The first-order chi connectivity index (χ1) is 23.6. The third-order valence-electron chi connectivity index (χ3n) is 9.95. The van der Waals surface area contributed by atoms with Gasteiger partial charge in [0.15, 0.2) is 17.1 Å². The summed E-state index contributed by atoms with van der Waals surface area (Å²) in [6.45, 7) is 3.15. The molecule has 0 aliphatic heterocycles. The number of fused-ring (bicyclic) bond motifs is 4. The van der Waals surface area contributed by atoms with Gasteiger partial charge in [0.2, 0.25) is 5.78 Å². The van der Waals surface area contributed by atoms with Gasteiger partial charge in [-0.25, -0.2) is 4.79 Å². The smallest absolute Gasteiger partial charge is 0.323 e. The number of primary amides is 1. The number of carbonyl (C=O) groups excluding carboxylic acids is 5. The van der Waals surface area contributed by atoms with Crippen molar-refractivity contribution in [3.05, 3.63) is 88.4 Å². The van der Waals surface area contributed by atoms with E-state index in [4.69, 9.17) is 10.5 Å². The number of benzene rings is 3. The van der Waals surface area contributed by atoms with Crippen molar-refractivity contribution in [1.82, 2.24) is 4.90 Å². The van der Waals surface area contributed by atoms with Gasteiger partial charge in [0.1, 0.15) is 23.2 Å². The van der Waals surface area contributed by atoms with E-state index in [1.54, 1.807) is 19.1 Å². The van der Waals surface area contributed by atoms with Crippen LogP contribution in [0.4, 0.5) is 16.2 Å². The molecule has 3 aromatic rings. The summed E-state index contributed by atoms with van der Waals surface area (Å²) in [5.41, 5.74) is 1.11. The van der Waals surface area contributed by atoms with Gasteiger partial charge in [-0.05, 0) is 43.1 Å². The summed E-state index contributed by atoms with van der Waals surface area (Å²) in [5.74, 6) is -10.9. The quantitative estimate of drug-likeness (QED) is 0.113. The molecule has 14 heteroatoms. The Kier molecular flexibility index (Phi) is 8.40. The molecule has 0 radical (unpaired) electrons. The second kappa shape index (κ2) is 12.3. The van der Waals surface area contributed by atoms with Crippen molar-refractivity contribution in [2.75, 3.05) is 24.7 Å². The number of nitrogens with one attached hydrogen (secondary N) is 2. The first-order valence-electron chi connectivity index (χ1n) is 15.9. The second-order valence-electron chi connectivity index (χ2n) is 12.9. The van der Waals surface area contributed by atoms with Gasteiger partial charge in [0.05, 0.1) is 28.9 Å². The number of rotatable bonds is 6. The number of nitrogens with zero attached hydrogens (tertiary/aromatic N) is 1. The lowest BCUT2D eigenvalue weighted by atomic mass is 9.55. The van der Waals surface area contributed by atoms with Crippen molar-refractivity contribution in [3.8, 4) is 5.75 Å². The second-order valence-corrected chi connectivity index (χ2v) is 12.9. The molecule has 0 bridgehead atoms. The van der Waals surface area contributed by atoms with Crippen LogP contribution in [0.15, 0.2) is 77.3 Å². The molecule has 3 aliphatic carbocycles. The first kappa shape index (κ1) is 34.1. The number of esters is 1. The van der Waals surface area contributed by atoms with E-state index in [-0.39, 0.29) is 23.2 Å². The lowest BCUT2D eigenvalue weighted by Crippen LogP contribution is -2.69. The number of likely N-dealkylation sites (N-methyl/N-ethyl adjacent to an activating group) is 1. The lowest BCUT2D eigenvalue weighted by molar-refractivity contribution is -0.180. The van der Waals surface area contributed by atoms with Gasteiger partial charge in [-0.2, -0.15) is 0 Å². The van der Waals surface area contributed by atoms with E-state index >= 15 is 0 Å². The molecule has 6 rings (SSSR count). The Hall–Kier alpha value is -5.73. The molecular formula is C36H36N4O10. The molecule has 3 amide bonds. The maximum absolute atomic E-state index is 14.4. The van der Waals surface area contributed by atoms with E-state index in [1.807, 2.05) is 30.3 Å². The molecule has 6 atom stereocenters. The molecule has 3 aromatic carbocycles. The maximum atomic E-state index is 14.4. The third-order valence-corrected chi connectivity index (χ3v) is 9.95. The number of aliphatic hydroxyl groups excluding tert-OH is 2. The van der Waals surface area contributed by atoms with E-state index in [2.05, 4.69) is 10.6 Å². The Morgan fingerprint density at radius 3 is 2.28 bits per heavy atom. The van der Waals surface area contributed by atoms with Gasteiger partial charge >= 0.3 is 12.0 Å². The van der Waals surface area contributed by atoms with Crippen molar-refractivity contribution in [1.29, 1.82) is 0 Å². The number of ketones is 2. The van der Waals surface area contributed by atoms with Crippen LogP contribution >= 0.6 is 0 Å². The van der Waals surface area contributed by atoms with E-state index in [1.165, 1.54) is 38.1 Å². The number of hydrogen-bond acceptors (Lipinski definition) is 11. The summed E-state index contributed by atoms with van der Waals surface area (Å²) in [6.07, 6.45) is -1.64. The summed E-state index contributed by atoms with van der Waals surface area (Å²) in [5, 5.41) is 53.5. The zero-order chi connectivity index (χ0) is 36.4. The van der Waals surface area contributed by atoms with Gasteiger partial charge in [-0.1, -0.05) is 56.3 Å². The topological polar surface area (TPSA) is 229 Å². The van der Waals surface area contributed by atoms with Crippen molar-refractivity contribution >= 4 is 51.6 Å². The fourth-order valence-corrected chi connectivity index (χ4v) is 7.68. The van der Waals surface area contributed by atoms with Gasteiger partial charge in [0, 0.05) is 23.3 Å². The number of aliphatic hydroxyl groups is 3. The third kappa shape index (κ3) is 4.98. The predicted molar refractivity (Wildman–Crippen MR) is 181 cm³/mol. The van der Waals surface area contributed by atoms with Crippen LogP contribution in [0.3, 0.4) is 0 Å². The molecule has 0 fully saturated rings. The zero-order valence-corrected chi connectivity index (χ0v) is 27.6. The monoisotopic (exact) mass is 684 g/mol. The molecule has 0 heterocycles. The number of ether oxygens (including phenoxy) is 1. The highest BCUT2D eigenvalue weighted by atomic mass is 16.5. The molecule has 0 saturated heterocycles. The van der Waals surface area contributed by atoms with Crippen LogP contribution in [0.5, 0.6) is 5.75 Å². The summed E-state index contributed by atoms with van der Waals surface area (Å²) in [7, 11) is 2.94. The number of amides is 3. The van der Waals surface area contributed by atoms with Gasteiger partial charge in [0.25, 0.3) is 5.91 Å². The number of phenols is 1. The fourth-order valence-electron chi connectivity index (χ4n) is 7.68. The highest BCUT2D eigenvalue weighted by Crippen LogP contribution is 2.57. The minimum Gasteiger partial charge on any atom is -0.510 e. The summed E-state index contributed by atoms with van der Waals surface area (Å²) >= 11 is 0. The summed E-state index contributed by atoms with van der Waals surface area (Å²) in [6, 6.07) is 13.5. The molecule has 0 unspecified atom stereocenters. The number of hydrogen-bond donors (Lipinski definition) is 7. The largest absolute Gasteiger partial charge is 0.510 e. The van der Waals surface area contributed by atoms with E-state index in [0.29, 0.717) is 5.69 Å². The van der Waals surface area contributed by atoms with Crippen molar-refractivity contribution < 1.29 is 49.1 Å². The highest BCUT2D eigenvalue weighted by molar-refractivity contribution is 6.25. The van der Waals surface area contributed by atoms with Crippen LogP contribution in [0.1, 0.15) is 42.1 Å². The minimum absolute atomic E-state index is 0.135. The highest BCUT2D eigenvalue weighted by Gasteiger charge is 2.68. The van der Waals surface area contributed by atoms with E-state index in [9.17, 15) is 44.4 Å². The molecule has 0 spiro atoms. The molecule has 50 heavy (non-hydrogen) atoms. The van der Waals surface area contributed by atoms with E-state index < -0.39 is 93.4 Å². The Bertz CT molecular complexity index is 2070.